The molecule has 1 aromatic rings. The second-order valence-corrected chi connectivity index (χ2v) is 7.21. The third kappa shape index (κ3) is 3.52. The number of aliphatic hydroxyl groups excluding tert-OH is 1. The second kappa shape index (κ2) is 5.89. The molecule has 2 atom stereocenters. The predicted octanol–water partition coefficient (Wildman–Crippen LogP) is 0.216. The molecule has 2 rings (SSSR count). The molecule has 2 amide bonds. The maximum atomic E-state index is 12.1. The quantitative estimate of drug-likeness (QED) is 0.602. The number of hydrogen-bond donors (Lipinski definition) is 2. The normalized spacial score (nSPS) is 23.0. The number of non-ortho nitro benzene ring substituents is 1. The summed E-state index contributed by atoms with van der Waals surface area (Å²) in [6.45, 7) is 0. The zero-order chi connectivity index (χ0) is 16.5. The van der Waals surface area contributed by atoms with E-state index in [2.05, 4.69) is 5.32 Å². The molecule has 1 aliphatic heterocycles. The smallest absolute Gasteiger partial charge is 0.321 e. The van der Waals surface area contributed by atoms with Crippen molar-refractivity contribution in [2.45, 2.75) is 12.1 Å². The number of likely N-dealkylation sites (N-methyl/N-ethyl adjacent to an activating group) is 1. The van der Waals surface area contributed by atoms with E-state index in [0.717, 1.165) is 4.90 Å². The van der Waals surface area contributed by atoms with Gasteiger partial charge in [0.15, 0.2) is 9.84 Å². The minimum Gasteiger partial charge on any atom is -0.390 e. The van der Waals surface area contributed by atoms with Crippen LogP contribution in [0.25, 0.3) is 0 Å². The minimum atomic E-state index is -3.37. The fourth-order valence-electron chi connectivity index (χ4n) is 2.24. The van der Waals surface area contributed by atoms with Crippen molar-refractivity contribution >= 4 is 27.2 Å². The van der Waals surface area contributed by atoms with Gasteiger partial charge < -0.3 is 15.3 Å². The Hall–Kier alpha value is -2.20. The Bertz CT molecular complexity index is 705. The van der Waals surface area contributed by atoms with Gasteiger partial charge in [-0.3, -0.25) is 10.1 Å². The monoisotopic (exact) mass is 329 g/mol. The van der Waals surface area contributed by atoms with Crippen LogP contribution in [0.3, 0.4) is 0 Å². The molecule has 0 spiro atoms. The van der Waals surface area contributed by atoms with Crippen LogP contribution < -0.4 is 5.32 Å². The summed E-state index contributed by atoms with van der Waals surface area (Å²) in [4.78, 5) is 23.3. The van der Waals surface area contributed by atoms with Crippen LogP contribution in [0.4, 0.5) is 16.2 Å². The van der Waals surface area contributed by atoms with Gasteiger partial charge in [-0.05, 0) is 6.07 Å². The lowest BCUT2D eigenvalue weighted by atomic mass is 10.2. The molecule has 9 nitrogen and oxygen atoms in total. The standard InChI is InChI=1S/C12H15N3O6S/c1-14(10-6-22(20,21)7-11(10)16)12(17)13-8-3-2-4-9(5-8)15(18)19/h2-5,10-11,16H,6-7H2,1H3,(H,13,17)/t10-,11-/m1/s1. The predicted molar refractivity (Wildman–Crippen MR) is 78.3 cm³/mol. The molecule has 0 radical (unpaired) electrons. The Morgan fingerprint density at radius 1 is 1.45 bits per heavy atom. The molecule has 2 N–H and O–H groups in total. The Balaban J connectivity index is 2.09. The van der Waals surface area contributed by atoms with Crippen molar-refractivity contribution in [3.63, 3.8) is 0 Å². The summed E-state index contributed by atoms with van der Waals surface area (Å²) in [5.74, 6) is -0.695. The molecule has 22 heavy (non-hydrogen) atoms. The van der Waals surface area contributed by atoms with E-state index in [-0.39, 0.29) is 22.9 Å². The zero-order valence-electron chi connectivity index (χ0n) is 11.7. The van der Waals surface area contributed by atoms with Crippen LogP contribution in [0.2, 0.25) is 0 Å². The number of carbonyl (C=O) groups excluding carboxylic acids is 1. The number of nitro benzene ring substituents is 1. The lowest BCUT2D eigenvalue weighted by Crippen LogP contribution is -2.46. The number of nitrogens with one attached hydrogen (secondary N) is 1. The molecule has 0 aromatic heterocycles. The van der Waals surface area contributed by atoms with Crippen molar-refractivity contribution in [3.05, 3.63) is 34.4 Å². The van der Waals surface area contributed by atoms with Crippen LogP contribution in [-0.2, 0) is 9.84 Å². The Kier molecular flexibility index (Phi) is 4.33. The zero-order valence-corrected chi connectivity index (χ0v) is 12.5. The molecule has 0 unspecified atom stereocenters. The van der Waals surface area contributed by atoms with Gasteiger partial charge in [0, 0.05) is 24.9 Å². The van der Waals surface area contributed by atoms with E-state index >= 15 is 0 Å². The third-order valence-corrected chi connectivity index (χ3v) is 5.12. The maximum Gasteiger partial charge on any atom is 0.321 e. The fourth-order valence-corrected chi connectivity index (χ4v) is 4.08. The number of anilines is 1. The summed E-state index contributed by atoms with van der Waals surface area (Å²) in [6, 6.07) is 3.87. The third-order valence-electron chi connectivity index (χ3n) is 3.42. The summed E-state index contributed by atoms with van der Waals surface area (Å²) < 4.78 is 22.9. The van der Waals surface area contributed by atoms with Crippen LogP contribution in [0.5, 0.6) is 0 Å². The van der Waals surface area contributed by atoms with Gasteiger partial charge in [0.1, 0.15) is 0 Å². The molecule has 1 aliphatic rings. The molecule has 1 fully saturated rings. The van der Waals surface area contributed by atoms with Crippen molar-refractivity contribution in [2.75, 3.05) is 23.9 Å². The first-order valence-electron chi connectivity index (χ1n) is 6.36. The number of rotatable bonds is 3. The van der Waals surface area contributed by atoms with E-state index in [1.165, 1.54) is 31.3 Å². The van der Waals surface area contributed by atoms with Crippen LogP contribution in [-0.4, -0.2) is 60.1 Å². The summed E-state index contributed by atoms with van der Waals surface area (Å²) in [7, 11) is -2.01. The highest BCUT2D eigenvalue weighted by Gasteiger charge is 2.40. The first-order chi connectivity index (χ1) is 10.2. The number of nitro groups is 1. The highest BCUT2D eigenvalue weighted by Crippen LogP contribution is 2.20. The average molecular weight is 329 g/mol. The van der Waals surface area contributed by atoms with Gasteiger partial charge in [-0.2, -0.15) is 0 Å². The minimum absolute atomic E-state index is 0.177. The number of amides is 2. The Morgan fingerprint density at radius 3 is 2.68 bits per heavy atom. The maximum absolute atomic E-state index is 12.1. The van der Waals surface area contributed by atoms with E-state index in [9.17, 15) is 28.4 Å². The van der Waals surface area contributed by atoms with Gasteiger partial charge in [0.2, 0.25) is 0 Å². The molecular formula is C12H15N3O6S. The SMILES string of the molecule is CN(C(=O)Nc1cccc([N+](=O)[O-])c1)[C@@H]1CS(=O)(=O)C[C@H]1O. The Labute approximate surface area is 126 Å². The topological polar surface area (TPSA) is 130 Å². The summed E-state index contributed by atoms with van der Waals surface area (Å²) in [5, 5.41) is 22.9. The lowest BCUT2D eigenvalue weighted by molar-refractivity contribution is -0.384. The lowest BCUT2D eigenvalue weighted by Gasteiger charge is -2.26. The van der Waals surface area contributed by atoms with E-state index in [0.29, 0.717) is 0 Å². The number of nitrogens with zero attached hydrogens (tertiary/aromatic N) is 2. The van der Waals surface area contributed by atoms with Gasteiger partial charge in [-0.25, -0.2) is 13.2 Å². The van der Waals surface area contributed by atoms with Crippen molar-refractivity contribution in [1.29, 1.82) is 0 Å². The van der Waals surface area contributed by atoms with E-state index in [1.54, 1.807) is 0 Å². The molecule has 0 saturated carbocycles. The molecule has 120 valence electrons. The number of hydrogen-bond acceptors (Lipinski definition) is 6. The van der Waals surface area contributed by atoms with Crippen LogP contribution in [0, 0.1) is 10.1 Å². The van der Waals surface area contributed by atoms with Crippen molar-refractivity contribution in [2.24, 2.45) is 0 Å². The van der Waals surface area contributed by atoms with Crippen molar-refractivity contribution in [1.82, 2.24) is 4.90 Å². The van der Waals surface area contributed by atoms with E-state index in [1.807, 2.05) is 0 Å². The largest absolute Gasteiger partial charge is 0.390 e. The first-order valence-corrected chi connectivity index (χ1v) is 8.18. The highest BCUT2D eigenvalue weighted by atomic mass is 32.2. The van der Waals surface area contributed by atoms with Crippen molar-refractivity contribution in [3.8, 4) is 0 Å². The van der Waals surface area contributed by atoms with Crippen LogP contribution in [0.1, 0.15) is 0 Å². The van der Waals surface area contributed by atoms with Crippen LogP contribution >= 0.6 is 0 Å². The summed E-state index contributed by atoms with van der Waals surface area (Å²) >= 11 is 0. The molecule has 0 aliphatic carbocycles. The first kappa shape index (κ1) is 16.2. The molecule has 1 saturated heterocycles. The molecule has 0 bridgehead atoms. The number of sulfone groups is 1. The second-order valence-electron chi connectivity index (χ2n) is 5.06. The van der Waals surface area contributed by atoms with E-state index < -0.39 is 32.9 Å². The number of aliphatic hydroxyl groups is 1. The van der Waals surface area contributed by atoms with Gasteiger partial charge in [0.05, 0.1) is 28.6 Å². The number of urea groups is 1. The van der Waals surface area contributed by atoms with Gasteiger partial charge in [-0.1, -0.05) is 6.07 Å². The van der Waals surface area contributed by atoms with Crippen molar-refractivity contribution < 1.29 is 23.2 Å². The number of carbonyl (C=O) groups is 1. The molecular weight excluding hydrogens is 314 g/mol. The molecule has 10 heteroatoms. The average Bonchev–Trinajstić information content (AvgIpc) is 2.71. The summed E-state index contributed by atoms with van der Waals surface area (Å²) in [5.41, 5.74) is 0.0327. The summed E-state index contributed by atoms with van der Waals surface area (Å²) in [6.07, 6.45) is -1.15. The van der Waals surface area contributed by atoms with Gasteiger partial charge in [-0.15, -0.1) is 0 Å². The van der Waals surface area contributed by atoms with Crippen LogP contribution in [0.15, 0.2) is 24.3 Å². The molecule has 1 heterocycles. The fraction of sp³-hybridized carbons (Fsp3) is 0.417. The molecule has 1 aromatic carbocycles. The Morgan fingerprint density at radius 2 is 2.14 bits per heavy atom. The van der Waals surface area contributed by atoms with E-state index in [4.69, 9.17) is 0 Å². The number of benzene rings is 1. The van der Waals surface area contributed by atoms with Gasteiger partial charge in [0.25, 0.3) is 5.69 Å². The van der Waals surface area contributed by atoms with Gasteiger partial charge >= 0.3 is 6.03 Å². The highest BCUT2D eigenvalue weighted by molar-refractivity contribution is 7.91.